The third kappa shape index (κ3) is 2.13. The van der Waals surface area contributed by atoms with Gasteiger partial charge in [0.05, 0.1) is 0 Å². The number of aliphatic carboxylic acids is 1. The molecule has 11 heavy (non-hydrogen) atoms. The van der Waals surface area contributed by atoms with Crippen LogP contribution in [0.15, 0.2) is 5.11 Å². The molecule has 0 heterocycles. The molecule has 5 nitrogen and oxygen atoms in total. The van der Waals surface area contributed by atoms with Gasteiger partial charge in [0.2, 0.25) is 0 Å². The molecule has 0 aromatic rings. The third-order valence-electron chi connectivity index (χ3n) is 1.89. The molecule has 1 saturated carbocycles. The summed E-state index contributed by atoms with van der Waals surface area (Å²) in [5.74, 6) is -0.544. The molecule has 0 aromatic carbocycles. The van der Waals surface area contributed by atoms with Crippen molar-refractivity contribution >= 4 is 5.97 Å². The van der Waals surface area contributed by atoms with Crippen molar-refractivity contribution in [1.29, 1.82) is 0 Å². The first kappa shape index (κ1) is 7.88. The summed E-state index contributed by atoms with van der Waals surface area (Å²) in [6.07, 6.45) is 1.67. The summed E-state index contributed by atoms with van der Waals surface area (Å²) in [7, 11) is 0. The summed E-state index contributed by atoms with van der Waals surface area (Å²) in [6.45, 7) is 0. The predicted octanol–water partition coefficient (Wildman–Crippen LogP) is 1.55. The molecule has 0 aliphatic heterocycles. The quantitative estimate of drug-likeness (QED) is 0.380. The van der Waals surface area contributed by atoms with E-state index in [1.165, 1.54) is 0 Å². The first-order valence-corrected chi connectivity index (χ1v) is 3.48. The maximum atomic E-state index is 10.2. The smallest absolute Gasteiger partial charge is 0.303 e. The molecule has 0 bridgehead atoms. The Kier molecular flexibility index (Phi) is 2.33. The standard InChI is InChI=1S/C6H9N3O2/c7-9-8-5-1-4(2-5)3-6(10)11/h4-5H,1-3H2,(H,10,11). The van der Waals surface area contributed by atoms with Crippen molar-refractivity contribution in [2.45, 2.75) is 25.3 Å². The van der Waals surface area contributed by atoms with Crippen LogP contribution in [0.4, 0.5) is 0 Å². The number of azide groups is 1. The van der Waals surface area contributed by atoms with Crippen LogP contribution in [0, 0.1) is 5.92 Å². The lowest BCUT2D eigenvalue weighted by molar-refractivity contribution is -0.138. The van der Waals surface area contributed by atoms with Gasteiger partial charge < -0.3 is 5.11 Å². The van der Waals surface area contributed by atoms with E-state index in [9.17, 15) is 4.79 Å². The minimum atomic E-state index is -0.769. The zero-order valence-electron chi connectivity index (χ0n) is 5.97. The van der Waals surface area contributed by atoms with Gasteiger partial charge in [-0.1, -0.05) is 5.11 Å². The molecular formula is C6H9N3O2. The van der Waals surface area contributed by atoms with E-state index in [0.29, 0.717) is 0 Å². The van der Waals surface area contributed by atoms with Crippen LogP contribution in [0.5, 0.6) is 0 Å². The van der Waals surface area contributed by atoms with Crippen molar-refractivity contribution in [1.82, 2.24) is 0 Å². The molecule has 0 aromatic heterocycles. The number of hydrogen-bond donors (Lipinski definition) is 1. The van der Waals surface area contributed by atoms with Crippen molar-refractivity contribution in [3.8, 4) is 0 Å². The van der Waals surface area contributed by atoms with E-state index in [1.54, 1.807) is 0 Å². The molecule has 0 radical (unpaired) electrons. The lowest BCUT2D eigenvalue weighted by atomic mass is 9.79. The molecule has 1 fully saturated rings. The Morgan fingerprint density at radius 1 is 1.73 bits per heavy atom. The summed E-state index contributed by atoms with van der Waals surface area (Å²) in [5, 5.41) is 11.8. The Morgan fingerprint density at radius 2 is 2.36 bits per heavy atom. The van der Waals surface area contributed by atoms with E-state index in [2.05, 4.69) is 10.0 Å². The average Bonchev–Trinajstić information content (AvgIpc) is 1.82. The molecule has 0 amide bonds. The van der Waals surface area contributed by atoms with Gasteiger partial charge in [-0.25, -0.2) is 0 Å². The first-order chi connectivity index (χ1) is 5.22. The minimum absolute atomic E-state index is 0.0457. The number of nitrogens with zero attached hydrogens (tertiary/aromatic N) is 3. The van der Waals surface area contributed by atoms with Crippen molar-refractivity contribution < 1.29 is 9.90 Å². The van der Waals surface area contributed by atoms with Gasteiger partial charge in [0.15, 0.2) is 0 Å². The molecular weight excluding hydrogens is 146 g/mol. The number of carboxylic acid groups (broad SMARTS) is 1. The SMILES string of the molecule is [N-]=[N+]=NC1CC(CC(=O)O)C1. The third-order valence-corrected chi connectivity index (χ3v) is 1.89. The van der Waals surface area contributed by atoms with Crippen LogP contribution in [0.25, 0.3) is 10.4 Å². The highest BCUT2D eigenvalue weighted by molar-refractivity contribution is 5.67. The predicted molar refractivity (Wildman–Crippen MR) is 37.9 cm³/mol. The Morgan fingerprint density at radius 3 is 2.82 bits per heavy atom. The van der Waals surface area contributed by atoms with Gasteiger partial charge in [0.25, 0.3) is 0 Å². The number of rotatable bonds is 3. The highest BCUT2D eigenvalue weighted by Crippen LogP contribution is 2.32. The van der Waals surface area contributed by atoms with Crippen molar-refractivity contribution in [2.24, 2.45) is 11.0 Å². The zero-order valence-corrected chi connectivity index (χ0v) is 5.97. The fraction of sp³-hybridized carbons (Fsp3) is 0.833. The van der Waals surface area contributed by atoms with Crippen LogP contribution < -0.4 is 0 Å². The van der Waals surface area contributed by atoms with E-state index in [4.69, 9.17) is 10.6 Å². The summed E-state index contributed by atoms with van der Waals surface area (Å²) in [4.78, 5) is 12.8. The molecule has 5 heteroatoms. The second kappa shape index (κ2) is 3.25. The number of hydrogen-bond acceptors (Lipinski definition) is 2. The molecule has 60 valence electrons. The average molecular weight is 155 g/mol. The van der Waals surface area contributed by atoms with Crippen LogP contribution in [-0.4, -0.2) is 17.1 Å². The highest BCUT2D eigenvalue weighted by Gasteiger charge is 2.29. The van der Waals surface area contributed by atoms with Gasteiger partial charge in [0.1, 0.15) is 0 Å². The Bertz CT molecular complexity index is 204. The summed E-state index contributed by atoms with van der Waals surface area (Å²) in [6, 6.07) is 0.0457. The Hall–Kier alpha value is -1.22. The molecule has 1 rings (SSSR count). The van der Waals surface area contributed by atoms with Crippen LogP contribution in [0.1, 0.15) is 19.3 Å². The van der Waals surface area contributed by atoms with Gasteiger partial charge in [-0.15, -0.1) is 0 Å². The molecule has 1 N–H and O–H groups in total. The Labute approximate surface area is 63.6 Å². The van der Waals surface area contributed by atoms with Crippen LogP contribution in [-0.2, 0) is 4.79 Å². The maximum absolute atomic E-state index is 10.2. The lowest BCUT2D eigenvalue weighted by Gasteiger charge is -2.30. The number of carbonyl (C=O) groups is 1. The van der Waals surface area contributed by atoms with E-state index >= 15 is 0 Å². The molecule has 0 spiro atoms. The summed E-state index contributed by atoms with van der Waals surface area (Å²) in [5.41, 5.74) is 8.01. The molecule has 0 unspecified atom stereocenters. The van der Waals surface area contributed by atoms with Gasteiger partial charge in [-0.3, -0.25) is 4.79 Å². The zero-order chi connectivity index (χ0) is 8.27. The molecule has 1 aliphatic carbocycles. The summed E-state index contributed by atoms with van der Waals surface area (Å²) >= 11 is 0. The fourth-order valence-electron chi connectivity index (χ4n) is 1.28. The van der Waals surface area contributed by atoms with E-state index < -0.39 is 5.97 Å². The van der Waals surface area contributed by atoms with E-state index in [1.807, 2.05) is 0 Å². The van der Waals surface area contributed by atoms with Gasteiger partial charge in [-0.2, -0.15) is 0 Å². The first-order valence-electron chi connectivity index (χ1n) is 3.48. The van der Waals surface area contributed by atoms with Gasteiger partial charge in [0, 0.05) is 17.4 Å². The lowest BCUT2D eigenvalue weighted by Crippen LogP contribution is -2.28. The van der Waals surface area contributed by atoms with Crippen LogP contribution >= 0.6 is 0 Å². The van der Waals surface area contributed by atoms with Crippen LogP contribution in [0.2, 0.25) is 0 Å². The molecule has 0 atom stereocenters. The highest BCUT2D eigenvalue weighted by atomic mass is 16.4. The van der Waals surface area contributed by atoms with E-state index in [-0.39, 0.29) is 18.4 Å². The maximum Gasteiger partial charge on any atom is 0.303 e. The second-order valence-electron chi connectivity index (χ2n) is 2.79. The normalized spacial score (nSPS) is 28.4. The van der Waals surface area contributed by atoms with Crippen molar-refractivity contribution in [3.05, 3.63) is 10.4 Å². The van der Waals surface area contributed by atoms with Crippen molar-refractivity contribution in [2.75, 3.05) is 0 Å². The molecule has 0 saturated heterocycles. The Balaban J connectivity index is 2.19. The topological polar surface area (TPSA) is 86.1 Å². The van der Waals surface area contributed by atoms with Crippen LogP contribution in [0.3, 0.4) is 0 Å². The summed E-state index contributed by atoms with van der Waals surface area (Å²) < 4.78 is 0. The number of carboxylic acids is 1. The minimum Gasteiger partial charge on any atom is -0.481 e. The molecule has 1 aliphatic rings. The largest absolute Gasteiger partial charge is 0.481 e. The fourth-order valence-corrected chi connectivity index (χ4v) is 1.28. The second-order valence-corrected chi connectivity index (χ2v) is 2.79. The monoisotopic (exact) mass is 155 g/mol. The van der Waals surface area contributed by atoms with Gasteiger partial charge >= 0.3 is 5.97 Å². The van der Waals surface area contributed by atoms with Gasteiger partial charge in [-0.05, 0) is 24.3 Å². The van der Waals surface area contributed by atoms with Crippen molar-refractivity contribution in [3.63, 3.8) is 0 Å². The van der Waals surface area contributed by atoms with E-state index in [0.717, 1.165) is 12.8 Å².